The summed E-state index contributed by atoms with van der Waals surface area (Å²) in [4.78, 5) is 7.93. The lowest BCUT2D eigenvalue weighted by Gasteiger charge is -2.27. The quantitative estimate of drug-likeness (QED) is 0.850. The van der Waals surface area contributed by atoms with Crippen LogP contribution in [0, 0.1) is 17.2 Å². The van der Waals surface area contributed by atoms with Crippen LogP contribution in [0.4, 0.5) is 0 Å². The van der Waals surface area contributed by atoms with Gasteiger partial charge >= 0.3 is 0 Å². The summed E-state index contributed by atoms with van der Waals surface area (Å²) >= 11 is 0. The highest BCUT2D eigenvalue weighted by molar-refractivity contribution is 5.30. The third-order valence-corrected chi connectivity index (χ3v) is 3.10. The lowest BCUT2D eigenvalue weighted by molar-refractivity contribution is 0.0999. The highest BCUT2D eigenvalue weighted by Gasteiger charge is 2.23. The molecule has 1 aromatic heterocycles. The molecule has 0 radical (unpaired) electrons. The number of hydrogen-bond donors (Lipinski definition) is 1. The van der Waals surface area contributed by atoms with Gasteiger partial charge in [0.15, 0.2) is 0 Å². The van der Waals surface area contributed by atoms with Gasteiger partial charge < -0.3 is 9.84 Å². The van der Waals surface area contributed by atoms with Crippen molar-refractivity contribution in [1.82, 2.24) is 9.97 Å². The van der Waals surface area contributed by atoms with Gasteiger partial charge in [0, 0.05) is 19.0 Å². The first kappa shape index (κ1) is 11.8. The van der Waals surface area contributed by atoms with Crippen molar-refractivity contribution in [2.45, 2.75) is 31.8 Å². The molecule has 0 amide bonds. The first-order chi connectivity index (χ1) is 8.33. The first-order valence-electron chi connectivity index (χ1n) is 5.82. The van der Waals surface area contributed by atoms with Gasteiger partial charge in [-0.05, 0) is 31.6 Å². The molecule has 1 fully saturated rings. The Hall–Kier alpha value is -1.67. The van der Waals surface area contributed by atoms with E-state index in [1.54, 1.807) is 0 Å². The number of nitrogens with zero attached hydrogens (tertiary/aromatic N) is 3. The number of rotatable bonds is 3. The van der Waals surface area contributed by atoms with E-state index in [-0.39, 0.29) is 18.4 Å². The molecule has 5 nitrogen and oxygen atoms in total. The average molecular weight is 233 g/mol. The maximum atomic E-state index is 9.04. The molecule has 17 heavy (non-hydrogen) atoms. The molecule has 5 heteroatoms. The van der Waals surface area contributed by atoms with Gasteiger partial charge in [0.25, 0.3) is 5.88 Å². The molecule has 0 spiro atoms. The second-order valence-electron chi connectivity index (χ2n) is 4.27. The van der Waals surface area contributed by atoms with Crippen LogP contribution in [0.5, 0.6) is 5.88 Å². The van der Waals surface area contributed by atoms with E-state index in [4.69, 9.17) is 15.1 Å². The van der Waals surface area contributed by atoms with E-state index >= 15 is 0 Å². The largest absolute Gasteiger partial charge is 0.472 e. The first-order valence-corrected chi connectivity index (χ1v) is 5.82. The smallest absolute Gasteiger partial charge is 0.251 e. The molecule has 0 unspecified atom stereocenters. The minimum Gasteiger partial charge on any atom is -0.472 e. The second kappa shape index (κ2) is 5.60. The molecule has 0 atom stereocenters. The molecule has 1 N–H and O–H groups in total. The zero-order chi connectivity index (χ0) is 12.1. The molecule has 1 aromatic rings. The van der Waals surface area contributed by atoms with E-state index in [2.05, 4.69) is 9.97 Å². The van der Waals surface area contributed by atoms with E-state index in [0.717, 1.165) is 25.7 Å². The van der Waals surface area contributed by atoms with Gasteiger partial charge in [0.2, 0.25) is 5.69 Å². The average Bonchev–Trinajstić information content (AvgIpc) is 2.40. The monoisotopic (exact) mass is 233 g/mol. The van der Waals surface area contributed by atoms with Gasteiger partial charge in [-0.2, -0.15) is 5.26 Å². The fourth-order valence-electron chi connectivity index (χ4n) is 2.08. The van der Waals surface area contributed by atoms with Crippen molar-refractivity contribution in [2.75, 3.05) is 6.61 Å². The van der Waals surface area contributed by atoms with Crippen molar-refractivity contribution >= 4 is 0 Å². The summed E-state index contributed by atoms with van der Waals surface area (Å²) in [7, 11) is 0. The van der Waals surface area contributed by atoms with Gasteiger partial charge in [0.1, 0.15) is 12.2 Å². The molecule has 0 aliphatic heterocycles. The van der Waals surface area contributed by atoms with Crippen LogP contribution >= 0.6 is 0 Å². The van der Waals surface area contributed by atoms with E-state index in [9.17, 15) is 0 Å². The Balaban J connectivity index is 1.96. The van der Waals surface area contributed by atoms with Crippen molar-refractivity contribution in [3.63, 3.8) is 0 Å². The lowest BCUT2D eigenvalue weighted by Crippen LogP contribution is -2.26. The Kier molecular flexibility index (Phi) is 3.89. The summed E-state index contributed by atoms with van der Waals surface area (Å²) in [6.45, 7) is 0.251. The SMILES string of the molecule is N#Cc1nccnc1OC1CCC(CO)CC1. The minimum atomic E-state index is 0.0848. The van der Waals surface area contributed by atoms with Crippen molar-refractivity contribution in [1.29, 1.82) is 5.26 Å². The van der Waals surface area contributed by atoms with Crippen LogP contribution in [-0.4, -0.2) is 27.8 Å². The van der Waals surface area contributed by atoms with E-state index in [1.807, 2.05) is 6.07 Å². The molecule has 1 heterocycles. The summed E-state index contributed by atoms with van der Waals surface area (Å²) < 4.78 is 5.69. The van der Waals surface area contributed by atoms with Crippen LogP contribution in [0.15, 0.2) is 12.4 Å². The Labute approximate surface area is 100 Å². The van der Waals surface area contributed by atoms with Crippen LogP contribution in [-0.2, 0) is 0 Å². The molecule has 2 rings (SSSR count). The molecule has 0 bridgehead atoms. The van der Waals surface area contributed by atoms with Gasteiger partial charge in [-0.3, -0.25) is 0 Å². The normalized spacial score (nSPS) is 24.0. The maximum absolute atomic E-state index is 9.04. The van der Waals surface area contributed by atoms with Crippen LogP contribution in [0.2, 0.25) is 0 Å². The predicted octanol–water partition coefficient (Wildman–Crippen LogP) is 1.28. The Bertz CT molecular complexity index is 408. The second-order valence-corrected chi connectivity index (χ2v) is 4.27. The predicted molar refractivity (Wildman–Crippen MR) is 60.2 cm³/mol. The maximum Gasteiger partial charge on any atom is 0.251 e. The molecular formula is C12H15N3O2. The number of aromatic nitrogens is 2. The van der Waals surface area contributed by atoms with Gasteiger partial charge in [0.05, 0.1) is 0 Å². The van der Waals surface area contributed by atoms with Crippen LogP contribution in [0.1, 0.15) is 31.4 Å². The van der Waals surface area contributed by atoms with Crippen LogP contribution in [0.3, 0.4) is 0 Å². The van der Waals surface area contributed by atoms with E-state index in [1.165, 1.54) is 12.4 Å². The Morgan fingerprint density at radius 2 is 2.00 bits per heavy atom. The standard InChI is InChI=1S/C12H15N3O2/c13-7-11-12(15-6-5-14-11)17-10-3-1-9(8-16)2-4-10/h5-6,9-10,16H,1-4,8H2. The van der Waals surface area contributed by atoms with E-state index in [0.29, 0.717) is 11.8 Å². The summed E-state index contributed by atoms with van der Waals surface area (Å²) in [5, 5.41) is 17.9. The number of ether oxygens (including phenoxy) is 1. The number of nitriles is 1. The van der Waals surface area contributed by atoms with Crippen LogP contribution in [0.25, 0.3) is 0 Å². The third kappa shape index (κ3) is 2.92. The highest BCUT2D eigenvalue weighted by Crippen LogP contribution is 2.27. The van der Waals surface area contributed by atoms with Crippen molar-refractivity contribution in [2.24, 2.45) is 5.92 Å². The number of aliphatic hydroxyl groups excluding tert-OH is 1. The van der Waals surface area contributed by atoms with Crippen molar-refractivity contribution in [3.05, 3.63) is 18.1 Å². The summed E-state index contributed by atoms with van der Waals surface area (Å²) in [5.41, 5.74) is 0.233. The Morgan fingerprint density at radius 1 is 1.29 bits per heavy atom. The zero-order valence-electron chi connectivity index (χ0n) is 9.54. The van der Waals surface area contributed by atoms with Crippen molar-refractivity contribution < 1.29 is 9.84 Å². The van der Waals surface area contributed by atoms with Crippen molar-refractivity contribution in [3.8, 4) is 11.9 Å². The molecule has 0 aromatic carbocycles. The summed E-state index contributed by atoms with van der Waals surface area (Å²) in [6.07, 6.45) is 6.80. The highest BCUT2D eigenvalue weighted by atomic mass is 16.5. The molecular weight excluding hydrogens is 218 g/mol. The Morgan fingerprint density at radius 3 is 2.65 bits per heavy atom. The molecule has 1 aliphatic carbocycles. The summed E-state index contributed by atoms with van der Waals surface area (Å²) in [6, 6.07) is 1.97. The zero-order valence-corrected chi connectivity index (χ0v) is 9.54. The van der Waals surface area contributed by atoms with Gasteiger partial charge in [-0.25, -0.2) is 9.97 Å². The van der Waals surface area contributed by atoms with E-state index < -0.39 is 0 Å². The molecule has 1 aliphatic rings. The molecule has 90 valence electrons. The molecule has 1 saturated carbocycles. The topological polar surface area (TPSA) is 79.0 Å². The fraction of sp³-hybridized carbons (Fsp3) is 0.583. The number of aliphatic hydroxyl groups is 1. The molecule has 0 saturated heterocycles. The third-order valence-electron chi connectivity index (χ3n) is 3.10. The lowest BCUT2D eigenvalue weighted by atomic mass is 9.88. The number of hydrogen-bond acceptors (Lipinski definition) is 5. The summed E-state index contributed by atoms with van der Waals surface area (Å²) in [5.74, 6) is 0.717. The van der Waals surface area contributed by atoms with Gasteiger partial charge in [-0.15, -0.1) is 0 Å². The fourth-order valence-corrected chi connectivity index (χ4v) is 2.08. The van der Waals surface area contributed by atoms with Gasteiger partial charge in [-0.1, -0.05) is 0 Å². The van der Waals surface area contributed by atoms with Crippen LogP contribution < -0.4 is 4.74 Å². The minimum absolute atomic E-state index is 0.0848.